The van der Waals surface area contributed by atoms with Crippen LogP contribution in [0.15, 0.2) is 48.8 Å². The number of carbonyl (C=O) groups excluding carboxylic acids is 1. The van der Waals surface area contributed by atoms with Gasteiger partial charge in [0, 0.05) is 6.42 Å². The number of aliphatic hydroxyl groups excluding tert-OH is 1. The molecule has 3 aromatic rings. The van der Waals surface area contributed by atoms with Gasteiger partial charge >= 0.3 is 13.7 Å². The number of fused-ring (bicyclic) bond motifs is 1. The molecule has 0 radical (unpaired) electrons. The number of aliphatic hydroxyl groups is 1. The number of para-hydroxylation sites is 1. The van der Waals surface area contributed by atoms with Crippen LogP contribution in [0.4, 0.5) is 5.82 Å². The number of rotatable bonds is 13. The lowest BCUT2D eigenvalue weighted by Gasteiger charge is -2.28. The summed E-state index contributed by atoms with van der Waals surface area (Å²) in [4.78, 5) is 16.7. The van der Waals surface area contributed by atoms with Crippen LogP contribution in [0, 0.1) is 5.92 Å². The van der Waals surface area contributed by atoms with Gasteiger partial charge in [0.2, 0.25) is 0 Å². The van der Waals surface area contributed by atoms with Crippen molar-refractivity contribution in [2.45, 2.75) is 70.8 Å². The zero-order chi connectivity index (χ0) is 28.9. The lowest BCUT2D eigenvalue weighted by Crippen LogP contribution is -2.36. The average Bonchev–Trinajstić information content (AvgIpc) is 3.50. The van der Waals surface area contributed by atoms with E-state index < -0.39 is 37.6 Å². The van der Waals surface area contributed by atoms with Crippen molar-refractivity contribution in [2.24, 2.45) is 5.92 Å². The van der Waals surface area contributed by atoms with Crippen LogP contribution in [0.1, 0.15) is 52.7 Å². The van der Waals surface area contributed by atoms with E-state index in [0.29, 0.717) is 22.8 Å². The van der Waals surface area contributed by atoms with Crippen molar-refractivity contribution in [1.82, 2.24) is 19.7 Å². The van der Waals surface area contributed by atoms with Gasteiger partial charge in [-0.25, -0.2) is 14.1 Å². The second kappa shape index (κ2) is 12.7. The predicted octanol–water partition coefficient (Wildman–Crippen LogP) is 3.84. The normalized spacial score (nSPS) is 23.2. The molecule has 1 aromatic carbocycles. The molecule has 1 fully saturated rings. The number of ether oxygens (including phenoxy) is 2. The number of esters is 1. The van der Waals surface area contributed by atoms with E-state index in [1.807, 2.05) is 13.8 Å². The summed E-state index contributed by atoms with van der Waals surface area (Å²) in [6.45, 7) is 7.45. The largest absolute Gasteiger partial charge is 0.464 e. The molecule has 1 aliphatic rings. The molecule has 1 unspecified atom stereocenters. The highest BCUT2D eigenvalue weighted by Gasteiger charge is 2.48. The van der Waals surface area contributed by atoms with E-state index in [1.165, 1.54) is 13.3 Å². The van der Waals surface area contributed by atoms with Crippen LogP contribution in [0.5, 0.6) is 5.75 Å². The van der Waals surface area contributed by atoms with Gasteiger partial charge in [0.05, 0.1) is 31.1 Å². The molecule has 0 amide bonds. The Morgan fingerprint density at radius 3 is 2.70 bits per heavy atom. The number of nitrogen functional groups attached to an aromatic ring is 1. The zero-order valence-electron chi connectivity index (χ0n) is 23.2. The van der Waals surface area contributed by atoms with Gasteiger partial charge in [-0.15, -0.1) is 0 Å². The Balaban J connectivity index is 1.46. The first-order valence-corrected chi connectivity index (χ1v) is 15.0. The second-order valence-electron chi connectivity index (χ2n) is 10.1. The van der Waals surface area contributed by atoms with E-state index in [-0.39, 0.29) is 25.6 Å². The number of nitrogens with zero attached hydrogens (tertiary/aromatic N) is 3. The van der Waals surface area contributed by atoms with Crippen LogP contribution >= 0.6 is 7.75 Å². The summed E-state index contributed by atoms with van der Waals surface area (Å²) in [6.07, 6.45) is 1.73. The molecule has 1 saturated heterocycles. The number of aromatic nitrogens is 3. The van der Waals surface area contributed by atoms with Gasteiger partial charge in [-0.05, 0) is 44.0 Å². The van der Waals surface area contributed by atoms with Gasteiger partial charge in [-0.3, -0.25) is 9.32 Å². The van der Waals surface area contributed by atoms with E-state index in [9.17, 15) is 14.5 Å². The molecule has 0 aliphatic carbocycles. The summed E-state index contributed by atoms with van der Waals surface area (Å²) in [7, 11) is -4.09. The van der Waals surface area contributed by atoms with Crippen LogP contribution in [0.2, 0.25) is 0 Å². The maximum atomic E-state index is 13.9. The van der Waals surface area contributed by atoms with Gasteiger partial charge in [0.1, 0.15) is 29.2 Å². The molecule has 4 N–H and O–H groups in total. The van der Waals surface area contributed by atoms with Crippen molar-refractivity contribution in [2.75, 3.05) is 18.9 Å². The highest BCUT2D eigenvalue weighted by atomic mass is 31.2. The maximum absolute atomic E-state index is 13.9. The SMILES string of the molecule is CCC(CC)COC(=O)[C@H](C)NP(=O)(OC[C@@H]1C[C@@H](O)[C@](C)(c2ccc3c(N)ncnn23)O1)Oc1ccccc1. The second-order valence-corrected chi connectivity index (χ2v) is 11.8. The Morgan fingerprint density at radius 1 is 1.27 bits per heavy atom. The summed E-state index contributed by atoms with van der Waals surface area (Å²) in [6, 6.07) is 11.1. The highest BCUT2D eigenvalue weighted by Crippen LogP contribution is 2.47. The minimum absolute atomic E-state index is 0.181. The van der Waals surface area contributed by atoms with Crippen molar-refractivity contribution in [3.05, 3.63) is 54.5 Å². The third-order valence-electron chi connectivity index (χ3n) is 7.24. The molecule has 12 nitrogen and oxygen atoms in total. The molecule has 2 aromatic heterocycles. The average molecular weight is 576 g/mol. The number of carbonyl (C=O) groups is 1. The molecule has 0 spiro atoms. The number of nitrogens with one attached hydrogen (secondary N) is 1. The molecule has 5 atom stereocenters. The molecule has 0 bridgehead atoms. The number of nitrogens with two attached hydrogens (primary N) is 1. The van der Waals surface area contributed by atoms with E-state index in [4.69, 9.17) is 24.3 Å². The fraction of sp³-hybridized carbons (Fsp3) is 0.519. The lowest BCUT2D eigenvalue weighted by atomic mass is 9.95. The van der Waals surface area contributed by atoms with Crippen LogP contribution < -0.4 is 15.3 Å². The van der Waals surface area contributed by atoms with Crippen LogP contribution in [0.3, 0.4) is 0 Å². The Kier molecular flexibility index (Phi) is 9.48. The van der Waals surface area contributed by atoms with Crippen molar-refractivity contribution >= 4 is 25.1 Å². The van der Waals surface area contributed by atoms with E-state index in [1.54, 1.807) is 53.9 Å². The fourth-order valence-corrected chi connectivity index (χ4v) is 6.16. The molecule has 1 aliphatic heterocycles. The fourth-order valence-electron chi connectivity index (χ4n) is 4.64. The first-order valence-electron chi connectivity index (χ1n) is 13.5. The van der Waals surface area contributed by atoms with Crippen LogP contribution in [-0.2, 0) is 29.0 Å². The molecule has 3 heterocycles. The Labute approximate surface area is 233 Å². The molecular formula is C27H38N5O7P. The van der Waals surface area contributed by atoms with Crippen molar-refractivity contribution in [3.8, 4) is 5.75 Å². The van der Waals surface area contributed by atoms with Gasteiger partial charge in [-0.1, -0.05) is 44.9 Å². The predicted molar refractivity (Wildman–Crippen MR) is 149 cm³/mol. The van der Waals surface area contributed by atoms with Crippen LogP contribution in [-0.4, -0.2) is 57.1 Å². The molecule has 40 heavy (non-hydrogen) atoms. The Morgan fingerprint density at radius 2 is 2.00 bits per heavy atom. The Bertz CT molecular complexity index is 1340. The molecule has 0 saturated carbocycles. The molecule has 13 heteroatoms. The number of hydrogen-bond donors (Lipinski definition) is 3. The summed E-state index contributed by atoms with van der Waals surface area (Å²) in [5.74, 6) is 0.287. The van der Waals surface area contributed by atoms with Gasteiger partial charge in [-0.2, -0.15) is 10.2 Å². The molecule has 4 rings (SSSR count). The van der Waals surface area contributed by atoms with Crippen molar-refractivity contribution in [3.63, 3.8) is 0 Å². The quantitative estimate of drug-likeness (QED) is 0.201. The van der Waals surface area contributed by atoms with Gasteiger partial charge < -0.3 is 24.8 Å². The smallest absolute Gasteiger partial charge is 0.459 e. The van der Waals surface area contributed by atoms with Gasteiger partial charge in [0.15, 0.2) is 5.82 Å². The van der Waals surface area contributed by atoms with E-state index in [0.717, 1.165) is 12.8 Å². The summed E-state index contributed by atoms with van der Waals surface area (Å²) >= 11 is 0. The maximum Gasteiger partial charge on any atom is 0.459 e. The van der Waals surface area contributed by atoms with Gasteiger partial charge in [0.25, 0.3) is 0 Å². The third kappa shape index (κ3) is 6.64. The monoisotopic (exact) mass is 575 g/mol. The minimum Gasteiger partial charge on any atom is -0.464 e. The third-order valence-corrected chi connectivity index (χ3v) is 8.89. The number of anilines is 1. The number of benzene rings is 1. The summed E-state index contributed by atoms with van der Waals surface area (Å²) < 4.78 is 38.7. The lowest BCUT2D eigenvalue weighted by molar-refractivity contribution is -0.146. The first kappa shape index (κ1) is 30.0. The highest BCUT2D eigenvalue weighted by molar-refractivity contribution is 7.52. The van der Waals surface area contributed by atoms with Crippen molar-refractivity contribution in [1.29, 1.82) is 0 Å². The minimum atomic E-state index is -4.09. The zero-order valence-corrected chi connectivity index (χ0v) is 24.1. The summed E-state index contributed by atoms with van der Waals surface area (Å²) in [5.41, 5.74) is 5.99. The Hall–Kier alpha value is -3.02. The number of hydrogen-bond acceptors (Lipinski definition) is 10. The van der Waals surface area contributed by atoms with E-state index in [2.05, 4.69) is 15.2 Å². The molecule has 218 valence electrons. The standard InChI is InChI=1S/C27H38N5O7P/c1-5-19(6-2)15-36-26(34)18(3)31-40(35,39-20-10-8-7-9-11-20)37-16-21-14-24(33)27(4,38-21)23-13-12-22-25(28)29-17-30-32(22)23/h7-13,17-19,21,24,33H,5-6,14-16H2,1-4H3,(H,31,35)(H2,28,29,30)/t18-,21-,24+,27-,40?/m0/s1. The summed E-state index contributed by atoms with van der Waals surface area (Å²) in [5, 5.41) is 18.0. The van der Waals surface area contributed by atoms with Crippen LogP contribution in [0.25, 0.3) is 5.52 Å². The first-order chi connectivity index (χ1) is 19.1. The molecular weight excluding hydrogens is 537 g/mol. The topological polar surface area (TPSA) is 160 Å². The van der Waals surface area contributed by atoms with E-state index >= 15 is 0 Å². The van der Waals surface area contributed by atoms with Crippen molar-refractivity contribution < 1.29 is 33.0 Å².